The van der Waals surface area contributed by atoms with Crippen LogP contribution in [0.15, 0.2) is 35.7 Å². The fraction of sp³-hybridized carbons (Fsp3) is 0.474. The second-order valence-corrected chi connectivity index (χ2v) is 8.84. The van der Waals surface area contributed by atoms with E-state index in [1.807, 2.05) is 18.2 Å². The SMILES string of the molecule is CC1(C)C[C@]2(C(N)=O)CN(Cc3nc(-c4ccccc4)cs3)C[C@H]12. The molecule has 2 heterocycles. The van der Waals surface area contributed by atoms with E-state index >= 15 is 0 Å². The van der Waals surface area contributed by atoms with Crippen molar-refractivity contribution in [2.24, 2.45) is 22.5 Å². The van der Waals surface area contributed by atoms with Crippen molar-refractivity contribution in [2.75, 3.05) is 13.1 Å². The minimum absolute atomic E-state index is 0.126. The number of carbonyl (C=O) groups excluding carboxylic acids is 1. The van der Waals surface area contributed by atoms with Crippen LogP contribution in [0.2, 0.25) is 0 Å². The number of hydrogen-bond acceptors (Lipinski definition) is 4. The molecule has 1 aromatic carbocycles. The maximum atomic E-state index is 12.0. The van der Waals surface area contributed by atoms with Gasteiger partial charge in [0.05, 0.1) is 17.7 Å². The highest BCUT2D eigenvalue weighted by Gasteiger charge is 2.65. The Labute approximate surface area is 146 Å². The van der Waals surface area contributed by atoms with E-state index in [0.29, 0.717) is 5.92 Å². The van der Waals surface area contributed by atoms with Gasteiger partial charge in [-0.05, 0) is 17.8 Å². The molecule has 126 valence electrons. The summed E-state index contributed by atoms with van der Waals surface area (Å²) < 4.78 is 0. The summed E-state index contributed by atoms with van der Waals surface area (Å²) in [4.78, 5) is 19.2. The standard InChI is InChI=1S/C19H23N3OS/c1-18(2)11-19(17(20)23)12-22(8-15(18)19)9-16-21-14(10-24-16)13-6-4-3-5-7-13/h3-7,10,15H,8-9,11-12H2,1-2H3,(H2,20,23)/t15-,19+/m1/s1. The predicted octanol–water partition coefficient (Wildman–Crippen LogP) is 3.14. The van der Waals surface area contributed by atoms with Gasteiger partial charge in [-0.25, -0.2) is 4.98 Å². The molecule has 4 nitrogen and oxygen atoms in total. The van der Waals surface area contributed by atoms with Gasteiger partial charge in [0.2, 0.25) is 5.91 Å². The molecule has 1 aromatic heterocycles. The van der Waals surface area contributed by atoms with Crippen LogP contribution in [0.5, 0.6) is 0 Å². The summed E-state index contributed by atoms with van der Waals surface area (Å²) in [6, 6.07) is 10.2. The number of nitrogens with two attached hydrogens (primary N) is 1. The van der Waals surface area contributed by atoms with E-state index in [4.69, 9.17) is 10.7 Å². The van der Waals surface area contributed by atoms with Crippen LogP contribution in [0.25, 0.3) is 11.3 Å². The zero-order valence-corrected chi connectivity index (χ0v) is 15.0. The molecule has 1 saturated carbocycles. The zero-order chi connectivity index (χ0) is 16.9. The maximum absolute atomic E-state index is 12.0. The summed E-state index contributed by atoms with van der Waals surface area (Å²) in [7, 11) is 0. The van der Waals surface area contributed by atoms with Gasteiger partial charge in [0.1, 0.15) is 5.01 Å². The lowest BCUT2D eigenvalue weighted by atomic mass is 9.48. The molecule has 4 rings (SSSR count). The van der Waals surface area contributed by atoms with E-state index in [-0.39, 0.29) is 16.7 Å². The Kier molecular flexibility index (Phi) is 3.55. The maximum Gasteiger partial charge on any atom is 0.225 e. The molecular weight excluding hydrogens is 318 g/mol. The first-order chi connectivity index (χ1) is 11.4. The number of hydrogen-bond donors (Lipinski definition) is 1. The molecule has 1 amide bonds. The molecule has 0 radical (unpaired) electrons. The number of rotatable bonds is 4. The molecule has 1 aliphatic carbocycles. The van der Waals surface area contributed by atoms with E-state index in [1.165, 1.54) is 0 Å². The minimum atomic E-state index is -0.316. The summed E-state index contributed by atoms with van der Waals surface area (Å²) in [5.74, 6) is 0.245. The second-order valence-electron chi connectivity index (χ2n) is 7.90. The van der Waals surface area contributed by atoms with Crippen LogP contribution in [0.4, 0.5) is 0 Å². The van der Waals surface area contributed by atoms with E-state index < -0.39 is 0 Å². The predicted molar refractivity (Wildman–Crippen MR) is 96.3 cm³/mol. The molecule has 2 aliphatic rings. The highest BCUT2D eigenvalue weighted by Crippen LogP contribution is 2.62. The van der Waals surface area contributed by atoms with Gasteiger partial charge >= 0.3 is 0 Å². The zero-order valence-electron chi connectivity index (χ0n) is 14.2. The molecule has 2 N–H and O–H groups in total. The average Bonchev–Trinajstić information content (AvgIpc) is 3.12. The lowest BCUT2D eigenvalue weighted by molar-refractivity contribution is -0.148. The lowest BCUT2D eigenvalue weighted by Gasteiger charge is -2.54. The van der Waals surface area contributed by atoms with Crippen molar-refractivity contribution in [3.05, 3.63) is 40.7 Å². The van der Waals surface area contributed by atoms with Crippen molar-refractivity contribution < 1.29 is 4.79 Å². The Morgan fingerprint density at radius 3 is 2.75 bits per heavy atom. The Hall–Kier alpha value is -1.72. The highest BCUT2D eigenvalue weighted by atomic mass is 32.1. The van der Waals surface area contributed by atoms with Crippen LogP contribution in [-0.2, 0) is 11.3 Å². The van der Waals surface area contributed by atoms with Crippen LogP contribution in [0, 0.1) is 16.7 Å². The number of amides is 1. The average molecular weight is 341 g/mol. The van der Waals surface area contributed by atoms with Gasteiger partial charge in [0.25, 0.3) is 0 Å². The minimum Gasteiger partial charge on any atom is -0.369 e. The van der Waals surface area contributed by atoms with Crippen LogP contribution in [0.1, 0.15) is 25.3 Å². The third kappa shape index (κ3) is 2.38. The van der Waals surface area contributed by atoms with Gasteiger partial charge in [-0.1, -0.05) is 44.2 Å². The fourth-order valence-corrected chi connectivity index (χ4v) is 5.60. The van der Waals surface area contributed by atoms with Crippen molar-refractivity contribution in [3.8, 4) is 11.3 Å². The fourth-order valence-electron chi connectivity index (χ4n) is 4.76. The Bertz CT molecular complexity index is 770. The number of thiazole rings is 1. The third-order valence-electron chi connectivity index (χ3n) is 5.80. The summed E-state index contributed by atoms with van der Waals surface area (Å²) in [5.41, 5.74) is 7.83. The van der Waals surface area contributed by atoms with E-state index in [9.17, 15) is 4.79 Å². The normalized spacial score (nSPS) is 28.3. The first-order valence-corrected chi connectivity index (χ1v) is 9.31. The Balaban J connectivity index is 1.50. The largest absolute Gasteiger partial charge is 0.369 e. The molecule has 2 atom stereocenters. The van der Waals surface area contributed by atoms with Crippen molar-refractivity contribution in [2.45, 2.75) is 26.8 Å². The summed E-state index contributed by atoms with van der Waals surface area (Å²) in [6.45, 7) is 7.02. The van der Waals surface area contributed by atoms with Gasteiger partial charge in [-0.15, -0.1) is 11.3 Å². The van der Waals surface area contributed by atoms with Gasteiger partial charge in [-0.3, -0.25) is 9.69 Å². The topological polar surface area (TPSA) is 59.2 Å². The highest BCUT2D eigenvalue weighted by molar-refractivity contribution is 7.09. The third-order valence-corrected chi connectivity index (χ3v) is 6.63. The molecule has 0 unspecified atom stereocenters. The van der Waals surface area contributed by atoms with Crippen molar-refractivity contribution in [3.63, 3.8) is 0 Å². The molecule has 2 aromatic rings. The Morgan fingerprint density at radius 1 is 1.38 bits per heavy atom. The van der Waals surface area contributed by atoms with Gasteiger partial charge in [0, 0.05) is 24.0 Å². The summed E-state index contributed by atoms with van der Waals surface area (Å²) >= 11 is 1.69. The van der Waals surface area contributed by atoms with E-state index in [1.54, 1.807) is 11.3 Å². The molecule has 5 heteroatoms. The number of likely N-dealkylation sites (tertiary alicyclic amines) is 1. The molecule has 0 bridgehead atoms. The number of fused-ring (bicyclic) bond motifs is 1. The van der Waals surface area contributed by atoms with Crippen LogP contribution in [0.3, 0.4) is 0 Å². The number of primary amides is 1. The molecule has 1 aliphatic heterocycles. The second kappa shape index (κ2) is 5.39. The number of carbonyl (C=O) groups is 1. The van der Waals surface area contributed by atoms with Crippen molar-refractivity contribution in [1.29, 1.82) is 0 Å². The van der Waals surface area contributed by atoms with E-state index in [2.05, 4.69) is 36.3 Å². The first-order valence-electron chi connectivity index (χ1n) is 8.43. The number of benzene rings is 1. The lowest BCUT2D eigenvalue weighted by Crippen LogP contribution is -2.59. The van der Waals surface area contributed by atoms with Crippen LogP contribution < -0.4 is 5.73 Å². The van der Waals surface area contributed by atoms with Crippen LogP contribution >= 0.6 is 11.3 Å². The van der Waals surface area contributed by atoms with Gasteiger partial charge in [-0.2, -0.15) is 0 Å². The van der Waals surface area contributed by atoms with Crippen molar-refractivity contribution in [1.82, 2.24) is 9.88 Å². The number of nitrogens with zero attached hydrogens (tertiary/aromatic N) is 2. The molecule has 2 fully saturated rings. The van der Waals surface area contributed by atoms with Crippen molar-refractivity contribution >= 4 is 17.2 Å². The Morgan fingerprint density at radius 2 is 2.12 bits per heavy atom. The smallest absolute Gasteiger partial charge is 0.225 e. The first kappa shape index (κ1) is 15.8. The summed E-state index contributed by atoms with van der Waals surface area (Å²) in [6.07, 6.45) is 0.906. The van der Waals surface area contributed by atoms with E-state index in [0.717, 1.165) is 42.3 Å². The number of aromatic nitrogens is 1. The quantitative estimate of drug-likeness (QED) is 0.929. The molecule has 1 saturated heterocycles. The molecule has 0 spiro atoms. The monoisotopic (exact) mass is 341 g/mol. The van der Waals surface area contributed by atoms with Gasteiger partial charge in [0.15, 0.2) is 0 Å². The van der Waals surface area contributed by atoms with Crippen LogP contribution in [-0.4, -0.2) is 28.9 Å². The summed E-state index contributed by atoms with van der Waals surface area (Å²) in [5, 5.41) is 3.22. The molecule has 24 heavy (non-hydrogen) atoms. The molecular formula is C19H23N3OS. The van der Waals surface area contributed by atoms with Gasteiger partial charge < -0.3 is 5.73 Å².